The highest BCUT2D eigenvalue weighted by Crippen LogP contribution is 2.07. The highest BCUT2D eigenvalue weighted by molar-refractivity contribution is 5.09. The van der Waals surface area contributed by atoms with E-state index in [1.54, 1.807) is 12.4 Å². The van der Waals surface area contributed by atoms with Gasteiger partial charge in [-0.05, 0) is 6.42 Å². The molecule has 0 unspecified atom stereocenters. The molecule has 0 amide bonds. The van der Waals surface area contributed by atoms with E-state index in [4.69, 9.17) is 4.74 Å². The largest absolute Gasteiger partial charge is 0.490 e. The molecule has 13 heavy (non-hydrogen) atoms. The van der Waals surface area contributed by atoms with Gasteiger partial charge in [-0.1, -0.05) is 32.6 Å². The van der Waals surface area contributed by atoms with Crippen LogP contribution in [-0.4, -0.2) is 16.8 Å². The summed E-state index contributed by atoms with van der Waals surface area (Å²) in [6.45, 7) is 3.03. The first-order chi connectivity index (χ1) is 6.43. The normalized spacial score (nSPS) is 10.2. The average Bonchev–Trinajstić information content (AvgIpc) is 2.63. The molecular weight excluding hydrogens is 164 g/mol. The lowest BCUT2D eigenvalue weighted by Gasteiger charge is -2.02. The summed E-state index contributed by atoms with van der Waals surface area (Å²) in [6, 6.07) is 0. The van der Waals surface area contributed by atoms with Crippen molar-refractivity contribution in [3.8, 4) is 5.75 Å². The number of H-pyrrole nitrogens is 1. The van der Waals surface area contributed by atoms with E-state index < -0.39 is 0 Å². The predicted molar refractivity (Wildman–Crippen MR) is 52.8 cm³/mol. The molecule has 0 aliphatic carbocycles. The van der Waals surface area contributed by atoms with Gasteiger partial charge in [0.05, 0.1) is 19.0 Å². The van der Waals surface area contributed by atoms with Gasteiger partial charge < -0.3 is 4.74 Å². The van der Waals surface area contributed by atoms with Gasteiger partial charge in [0, 0.05) is 0 Å². The van der Waals surface area contributed by atoms with Crippen LogP contribution in [0, 0.1) is 0 Å². The van der Waals surface area contributed by atoms with Gasteiger partial charge in [-0.3, -0.25) is 5.10 Å². The van der Waals surface area contributed by atoms with Crippen LogP contribution in [0.15, 0.2) is 12.4 Å². The number of nitrogens with zero attached hydrogens (tertiary/aromatic N) is 1. The Hall–Kier alpha value is -0.990. The maximum atomic E-state index is 5.43. The lowest BCUT2D eigenvalue weighted by molar-refractivity contribution is 0.304. The standard InChI is InChI=1S/C10H18N2O/c1-2-3-4-5-6-7-13-10-8-11-12-9-10/h8-9H,2-7H2,1H3,(H,11,12). The van der Waals surface area contributed by atoms with Gasteiger partial charge in [0.25, 0.3) is 0 Å². The number of unbranched alkanes of at least 4 members (excludes halogenated alkanes) is 4. The summed E-state index contributed by atoms with van der Waals surface area (Å²) in [4.78, 5) is 0. The summed E-state index contributed by atoms with van der Waals surface area (Å²) in [5, 5.41) is 6.52. The maximum absolute atomic E-state index is 5.43. The van der Waals surface area contributed by atoms with Crippen molar-refractivity contribution in [3.63, 3.8) is 0 Å². The number of nitrogens with one attached hydrogen (secondary N) is 1. The molecule has 74 valence electrons. The lowest BCUT2D eigenvalue weighted by atomic mass is 10.2. The zero-order chi connectivity index (χ0) is 9.36. The zero-order valence-electron chi connectivity index (χ0n) is 8.25. The molecule has 3 heteroatoms. The Labute approximate surface area is 79.5 Å². The second kappa shape index (κ2) is 6.52. The minimum atomic E-state index is 0.809. The second-order valence-corrected chi connectivity index (χ2v) is 3.20. The minimum Gasteiger partial charge on any atom is -0.490 e. The first-order valence-corrected chi connectivity index (χ1v) is 5.05. The number of aromatic amines is 1. The Kier molecular flexibility index (Phi) is 5.06. The Bertz CT molecular complexity index is 197. The highest BCUT2D eigenvalue weighted by Gasteiger charge is 1.93. The number of ether oxygens (including phenoxy) is 1. The molecule has 1 aromatic heterocycles. The number of hydrogen-bond donors (Lipinski definition) is 1. The zero-order valence-corrected chi connectivity index (χ0v) is 8.25. The second-order valence-electron chi connectivity index (χ2n) is 3.20. The molecule has 0 bridgehead atoms. The first kappa shape index (κ1) is 10.1. The fourth-order valence-corrected chi connectivity index (χ4v) is 1.21. The van der Waals surface area contributed by atoms with E-state index in [1.165, 1.54) is 25.7 Å². The van der Waals surface area contributed by atoms with Crippen molar-refractivity contribution in [2.24, 2.45) is 0 Å². The summed E-state index contributed by atoms with van der Waals surface area (Å²) in [5.74, 6) is 0.843. The van der Waals surface area contributed by atoms with Crippen LogP contribution in [-0.2, 0) is 0 Å². The van der Waals surface area contributed by atoms with Crippen LogP contribution in [0.2, 0.25) is 0 Å². The average molecular weight is 182 g/mol. The van der Waals surface area contributed by atoms with Crippen LogP contribution in [0.25, 0.3) is 0 Å². The molecular formula is C10H18N2O. The molecule has 0 fully saturated rings. The smallest absolute Gasteiger partial charge is 0.156 e. The SMILES string of the molecule is CCCCCCCOc1cn[nH]c1. The third-order valence-electron chi connectivity index (χ3n) is 1.99. The van der Waals surface area contributed by atoms with E-state index in [2.05, 4.69) is 17.1 Å². The van der Waals surface area contributed by atoms with Crippen LogP contribution >= 0.6 is 0 Å². The van der Waals surface area contributed by atoms with Crippen molar-refractivity contribution >= 4 is 0 Å². The number of aromatic nitrogens is 2. The quantitative estimate of drug-likeness (QED) is 0.658. The van der Waals surface area contributed by atoms with Crippen molar-refractivity contribution < 1.29 is 4.74 Å². The van der Waals surface area contributed by atoms with Gasteiger partial charge in [0.15, 0.2) is 5.75 Å². The monoisotopic (exact) mass is 182 g/mol. The number of rotatable bonds is 7. The summed E-state index contributed by atoms with van der Waals surface area (Å²) in [6.07, 6.45) is 9.84. The molecule has 0 aliphatic heterocycles. The highest BCUT2D eigenvalue weighted by atomic mass is 16.5. The molecule has 0 saturated carbocycles. The molecule has 0 radical (unpaired) electrons. The third-order valence-corrected chi connectivity index (χ3v) is 1.99. The predicted octanol–water partition coefficient (Wildman–Crippen LogP) is 2.76. The molecule has 1 heterocycles. The van der Waals surface area contributed by atoms with Gasteiger partial charge in [-0.15, -0.1) is 0 Å². The molecule has 0 aliphatic rings. The fourth-order valence-electron chi connectivity index (χ4n) is 1.21. The lowest BCUT2D eigenvalue weighted by Crippen LogP contribution is -1.95. The molecule has 1 aromatic rings. The Morgan fingerprint density at radius 1 is 1.31 bits per heavy atom. The molecule has 3 nitrogen and oxygen atoms in total. The van der Waals surface area contributed by atoms with Crippen molar-refractivity contribution in [2.45, 2.75) is 39.0 Å². The maximum Gasteiger partial charge on any atom is 0.156 e. The van der Waals surface area contributed by atoms with Crippen LogP contribution in [0.3, 0.4) is 0 Å². The topological polar surface area (TPSA) is 37.9 Å². The van der Waals surface area contributed by atoms with Crippen LogP contribution in [0.4, 0.5) is 0 Å². The number of hydrogen-bond acceptors (Lipinski definition) is 2. The van der Waals surface area contributed by atoms with E-state index >= 15 is 0 Å². The van der Waals surface area contributed by atoms with Crippen LogP contribution in [0.1, 0.15) is 39.0 Å². The fraction of sp³-hybridized carbons (Fsp3) is 0.700. The Balaban J connectivity index is 1.90. The van der Waals surface area contributed by atoms with Crippen molar-refractivity contribution in [2.75, 3.05) is 6.61 Å². The van der Waals surface area contributed by atoms with Crippen molar-refractivity contribution in [3.05, 3.63) is 12.4 Å². The summed E-state index contributed by atoms with van der Waals surface area (Å²) >= 11 is 0. The Morgan fingerprint density at radius 2 is 2.15 bits per heavy atom. The van der Waals surface area contributed by atoms with E-state index in [-0.39, 0.29) is 0 Å². The third kappa shape index (κ3) is 4.55. The van der Waals surface area contributed by atoms with Gasteiger partial charge in [-0.25, -0.2) is 0 Å². The summed E-state index contributed by atoms with van der Waals surface area (Å²) in [7, 11) is 0. The van der Waals surface area contributed by atoms with Crippen LogP contribution < -0.4 is 4.74 Å². The summed E-state index contributed by atoms with van der Waals surface area (Å²) in [5.41, 5.74) is 0. The molecule has 0 spiro atoms. The minimum absolute atomic E-state index is 0.809. The van der Waals surface area contributed by atoms with Crippen molar-refractivity contribution in [1.29, 1.82) is 0 Å². The first-order valence-electron chi connectivity index (χ1n) is 5.05. The summed E-state index contributed by atoms with van der Waals surface area (Å²) < 4.78 is 5.43. The van der Waals surface area contributed by atoms with E-state index in [1.807, 2.05) is 0 Å². The van der Waals surface area contributed by atoms with Gasteiger partial charge >= 0.3 is 0 Å². The van der Waals surface area contributed by atoms with Gasteiger partial charge in [0.1, 0.15) is 0 Å². The van der Waals surface area contributed by atoms with E-state index in [9.17, 15) is 0 Å². The van der Waals surface area contributed by atoms with Gasteiger partial charge in [0.2, 0.25) is 0 Å². The van der Waals surface area contributed by atoms with E-state index in [0.29, 0.717) is 0 Å². The molecule has 0 atom stereocenters. The molecule has 0 aromatic carbocycles. The molecule has 1 N–H and O–H groups in total. The molecule has 1 rings (SSSR count). The van der Waals surface area contributed by atoms with Crippen LogP contribution in [0.5, 0.6) is 5.75 Å². The van der Waals surface area contributed by atoms with E-state index in [0.717, 1.165) is 18.8 Å². The molecule has 0 saturated heterocycles. The van der Waals surface area contributed by atoms with Crippen molar-refractivity contribution in [1.82, 2.24) is 10.2 Å². The van der Waals surface area contributed by atoms with Gasteiger partial charge in [-0.2, -0.15) is 5.10 Å². The Morgan fingerprint density at radius 3 is 2.85 bits per heavy atom.